The summed E-state index contributed by atoms with van der Waals surface area (Å²) in [5.41, 5.74) is 16.3. The Labute approximate surface area is 299 Å². The third-order valence-electron chi connectivity index (χ3n) is 10.3. The van der Waals surface area contributed by atoms with E-state index in [9.17, 15) is 14.4 Å². The molecule has 1 aliphatic heterocycles. The van der Waals surface area contributed by atoms with Gasteiger partial charge < -0.3 is 40.9 Å². The molecule has 0 saturated carbocycles. The zero-order valence-electron chi connectivity index (χ0n) is 31.8. The van der Waals surface area contributed by atoms with Crippen LogP contribution in [-0.2, 0) is 41.6 Å². The van der Waals surface area contributed by atoms with Crippen LogP contribution in [0.2, 0.25) is 0 Å². The van der Waals surface area contributed by atoms with Gasteiger partial charge in [-0.1, -0.05) is 53.7 Å². The standard InChI is InChI=1S/C39H65N5O6/c1-24(2)29(18-28-10-11-31-27(7)23-44(34(31)19-28)14-9-15-48-8)20-33(41)35(50-39(47)37(26(5)6)43-36(45)22-40)21-32(25(3)4)38(46)42-30-12-16-49-17-13-30/h10-11,19,23-26,29-30,32-33,35,37H,9,12-18,20-22,40-41H2,1-8H3,(H,42,46)(H,43,45). The predicted molar refractivity (Wildman–Crippen MR) is 198 cm³/mol. The van der Waals surface area contributed by atoms with Crippen LogP contribution in [-0.4, -0.2) is 80.1 Å². The number of aryl methyl sites for hydroxylation is 2. The van der Waals surface area contributed by atoms with Crippen LogP contribution in [0.25, 0.3) is 10.9 Å². The number of fused-ring (bicyclic) bond motifs is 1. The average molecular weight is 700 g/mol. The first-order valence-electron chi connectivity index (χ1n) is 18.7. The second kappa shape index (κ2) is 20.2. The average Bonchev–Trinajstić information content (AvgIpc) is 3.38. The number of carbonyl (C=O) groups excluding carboxylic acids is 3. The van der Waals surface area contributed by atoms with Crippen molar-refractivity contribution in [1.82, 2.24) is 15.2 Å². The molecule has 6 N–H and O–H groups in total. The number of esters is 1. The van der Waals surface area contributed by atoms with E-state index in [2.05, 4.69) is 60.4 Å². The van der Waals surface area contributed by atoms with Crippen LogP contribution in [0.15, 0.2) is 24.4 Å². The van der Waals surface area contributed by atoms with Crippen molar-refractivity contribution < 1.29 is 28.6 Å². The molecule has 1 fully saturated rings. The molecule has 1 aromatic heterocycles. The number of benzene rings is 1. The van der Waals surface area contributed by atoms with Gasteiger partial charge in [0.05, 0.1) is 6.54 Å². The number of nitrogens with one attached hydrogen (secondary N) is 2. The number of nitrogens with two attached hydrogens (primary N) is 2. The number of carbonyl (C=O) groups is 3. The zero-order chi connectivity index (χ0) is 37.0. The molecule has 50 heavy (non-hydrogen) atoms. The third-order valence-corrected chi connectivity index (χ3v) is 10.3. The van der Waals surface area contributed by atoms with Gasteiger partial charge in [-0.2, -0.15) is 0 Å². The van der Waals surface area contributed by atoms with Crippen LogP contribution in [0.5, 0.6) is 0 Å². The summed E-state index contributed by atoms with van der Waals surface area (Å²) in [6, 6.07) is 5.33. The summed E-state index contributed by atoms with van der Waals surface area (Å²) in [4.78, 5) is 39.6. The van der Waals surface area contributed by atoms with Gasteiger partial charge in [0.25, 0.3) is 0 Å². The van der Waals surface area contributed by atoms with E-state index in [-0.39, 0.29) is 42.7 Å². The molecular weight excluding hydrogens is 634 g/mol. The summed E-state index contributed by atoms with van der Waals surface area (Å²) in [5, 5.41) is 7.18. The number of ether oxygens (including phenoxy) is 3. The first kappa shape index (κ1) is 41.4. The molecule has 2 heterocycles. The maximum Gasteiger partial charge on any atom is 0.329 e. The van der Waals surface area contributed by atoms with Gasteiger partial charge >= 0.3 is 5.97 Å². The highest BCUT2D eigenvalue weighted by molar-refractivity contribution is 5.86. The van der Waals surface area contributed by atoms with Crippen molar-refractivity contribution in [3.8, 4) is 0 Å². The van der Waals surface area contributed by atoms with Gasteiger partial charge in [-0.25, -0.2) is 4.79 Å². The molecule has 5 unspecified atom stereocenters. The Balaban J connectivity index is 1.87. The van der Waals surface area contributed by atoms with Crippen molar-refractivity contribution in [3.05, 3.63) is 35.5 Å². The topological polar surface area (TPSA) is 160 Å². The minimum absolute atomic E-state index is 0.0164. The molecule has 282 valence electrons. The smallest absolute Gasteiger partial charge is 0.329 e. The van der Waals surface area contributed by atoms with Gasteiger partial charge in [0.2, 0.25) is 11.8 Å². The number of hydrogen-bond acceptors (Lipinski definition) is 8. The van der Waals surface area contributed by atoms with E-state index in [1.165, 1.54) is 22.0 Å². The molecule has 0 spiro atoms. The van der Waals surface area contributed by atoms with E-state index in [1.807, 2.05) is 27.7 Å². The van der Waals surface area contributed by atoms with Crippen LogP contribution in [0.1, 0.15) is 84.8 Å². The summed E-state index contributed by atoms with van der Waals surface area (Å²) in [5.74, 6) is -1.25. The van der Waals surface area contributed by atoms with Crippen molar-refractivity contribution in [1.29, 1.82) is 0 Å². The monoisotopic (exact) mass is 699 g/mol. The molecule has 0 bridgehead atoms. The molecule has 2 amide bonds. The number of nitrogens with zero attached hydrogens (tertiary/aromatic N) is 1. The largest absolute Gasteiger partial charge is 0.459 e. The minimum atomic E-state index is -0.884. The lowest BCUT2D eigenvalue weighted by Gasteiger charge is -2.34. The van der Waals surface area contributed by atoms with Crippen molar-refractivity contribution in [3.63, 3.8) is 0 Å². The number of amides is 2. The summed E-state index contributed by atoms with van der Waals surface area (Å²) >= 11 is 0. The summed E-state index contributed by atoms with van der Waals surface area (Å²) in [6.45, 7) is 16.9. The fraction of sp³-hybridized carbons (Fsp3) is 0.718. The number of aromatic nitrogens is 1. The van der Waals surface area contributed by atoms with Crippen molar-refractivity contribution in [2.75, 3.05) is 33.5 Å². The molecule has 1 aliphatic rings. The summed E-state index contributed by atoms with van der Waals surface area (Å²) in [6.07, 6.45) is 5.62. The van der Waals surface area contributed by atoms with E-state index in [0.717, 1.165) is 32.2 Å². The van der Waals surface area contributed by atoms with Crippen LogP contribution >= 0.6 is 0 Å². The predicted octanol–water partition coefficient (Wildman–Crippen LogP) is 4.49. The van der Waals surface area contributed by atoms with Crippen LogP contribution in [0.3, 0.4) is 0 Å². The first-order chi connectivity index (χ1) is 23.7. The second-order valence-electron chi connectivity index (χ2n) is 15.3. The van der Waals surface area contributed by atoms with Gasteiger partial charge in [0.15, 0.2) is 0 Å². The molecule has 11 heteroatoms. The Bertz CT molecular complexity index is 1370. The van der Waals surface area contributed by atoms with E-state index < -0.39 is 36.0 Å². The Morgan fingerprint density at radius 2 is 1.72 bits per heavy atom. The summed E-state index contributed by atoms with van der Waals surface area (Å²) < 4.78 is 19.3. The first-order valence-corrected chi connectivity index (χ1v) is 18.7. The number of rotatable bonds is 20. The lowest BCUT2D eigenvalue weighted by atomic mass is 9.80. The maximum atomic E-state index is 13.7. The van der Waals surface area contributed by atoms with Crippen molar-refractivity contribution >= 4 is 28.7 Å². The fourth-order valence-electron chi connectivity index (χ4n) is 6.95. The molecule has 0 radical (unpaired) electrons. The molecule has 0 aliphatic carbocycles. The molecule has 2 aromatic rings. The number of hydrogen-bond donors (Lipinski definition) is 4. The Morgan fingerprint density at radius 1 is 1.02 bits per heavy atom. The van der Waals surface area contributed by atoms with Gasteiger partial charge in [-0.05, 0) is 86.3 Å². The fourth-order valence-corrected chi connectivity index (χ4v) is 6.95. The SMILES string of the molecule is COCCCn1cc(C)c2ccc(CC(CC(N)C(CC(C(=O)NC3CCOCC3)C(C)C)OC(=O)C(NC(=O)CN)C(C)C)C(C)C)cc21. The normalized spacial score (nSPS) is 17.1. The van der Waals surface area contributed by atoms with Crippen LogP contribution < -0.4 is 22.1 Å². The molecule has 3 rings (SSSR count). The zero-order valence-corrected chi connectivity index (χ0v) is 31.8. The second-order valence-corrected chi connectivity index (χ2v) is 15.3. The third kappa shape index (κ3) is 12.1. The Hall–Kier alpha value is -2.99. The Kier molecular flexibility index (Phi) is 16.7. The van der Waals surface area contributed by atoms with E-state index in [4.69, 9.17) is 25.7 Å². The molecule has 1 aromatic carbocycles. The molecular formula is C39H65N5O6. The number of methoxy groups -OCH3 is 1. The van der Waals surface area contributed by atoms with Crippen molar-refractivity contribution in [2.24, 2.45) is 41.1 Å². The summed E-state index contributed by atoms with van der Waals surface area (Å²) in [7, 11) is 1.73. The highest BCUT2D eigenvalue weighted by atomic mass is 16.5. The van der Waals surface area contributed by atoms with E-state index >= 15 is 0 Å². The highest BCUT2D eigenvalue weighted by Gasteiger charge is 2.36. The maximum absolute atomic E-state index is 13.7. The van der Waals surface area contributed by atoms with Gasteiger partial charge in [0, 0.05) is 68.6 Å². The van der Waals surface area contributed by atoms with Crippen molar-refractivity contribution in [2.45, 2.75) is 118 Å². The molecule has 5 atom stereocenters. The van der Waals surface area contributed by atoms with Gasteiger partial charge in [-0.15, -0.1) is 0 Å². The quantitative estimate of drug-likeness (QED) is 0.116. The molecule has 1 saturated heterocycles. The van der Waals surface area contributed by atoms with Crippen LogP contribution in [0.4, 0.5) is 0 Å². The lowest BCUT2D eigenvalue weighted by molar-refractivity contribution is -0.157. The van der Waals surface area contributed by atoms with Gasteiger partial charge in [-0.3, -0.25) is 9.59 Å². The van der Waals surface area contributed by atoms with Gasteiger partial charge in [0.1, 0.15) is 12.1 Å². The van der Waals surface area contributed by atoms with E-state index in [0.29, 0.717) is 32.2 Å². The molecule has 11 nitrogen and oxygen atoms in total. The Morgan fingerprint density at radius 3 is 2.32 bits per heavy atom. The lowest BCUT2D eigenvalue weighted by Crippen LogP contribution is -2.51. The minimum Gasteiger partial charge on any atom is -0.459 e. The van der Waals surface area contributed by atoms with E-state index in [1.54, 1.807) is 7.11 Å². The highest BCUT2D eigenvalue weighted by Crippen LogP contribution is 2.30. The van der Waals surface area contributed by atoms with Crippen LogP contribution in [0, 0.1) is 36.5 Å².